The fourth-order valence-electron chi connectivity index (χ4n) is 5.12. The predicted molar refractivity (Wildman–Crippen MR) is 118 cm³/mol. The van der Waals surface area contributed by atoms with Crippen molar-refractivity contribution in [1.82, 2.24) is 9.38 Å². The van der Waals surface area contributed by atoms with E-state index in [2.05, 4.69) is 39.0 Å². The van der Waals surface area contributed by atoms with E-state index in [0.29, 0.717) is 11.8 Å². The van der Waals surface area contributed by atoms with Gasteiger partial charge in [-0.1, -0.05) is 18.2 Å². The normalized spacial score (nSPS) is 22.7. The number of imidazole rings is 1. The number of carbonyl (C=O) groups excluding carboxylic acids is 1. The van der Waals surface area contributed by atoms with Crippen LogP contribution in [0, 0.1) is 5.92 Å². The topological polar surface area (TPSA) is 66.6 Å². The molecule has 5 heteroatoms. The second kappa shape index (κ2) is 7.88. The smallest absolute Gasteiger partial charge is 0.221 e. The van der Waals surface area contributed by atoms with Gasteiger partial charge in [0.2, 0.25) is 5.91 Å². The number of fused-ring (bicyclic) bond motifs is 1. The maximum absolute atomic E-state index is 11.4. The number of benzene rings is 1. The molecule has 0 unspecified atom stereocenters. The summed E-state index contributed by atoms with van der Waals surface area (Å²) in [6, 6.07) is 12.6. The number of nitrogens with zero attached hydrogens (tertiary/aromatic N) is 2. The third kappa shape index (κ3) is 3.74. The standard InChI is InChI=1S/C25H29N3O2/c1-16(29)27-21-10-8-18(9-11-21)17-2-6-20(7-3-17)25(30)24-23(19-4-5-19)13-12-22-14-26-15-28(22)24/h8-15,17,19-20,25,30H,2-7H2,1H3,(H,27,29)/t17?,20?,25-/m0/s1. The van der Waals surface area contributed by atoms with Crippen molar-refractivity contribution in [3.05, 3.63) is 65.7 Å². The molecule has 2 heterocycles. The summed E-state index contributed by atoms with van der Waals surface area (Å²) in [4.78, 5) is 15.5. The lowest BCUT2D eigenvalue weighted by molar-refractivity contribution is -0.114. The number of carbonyl (C=O) groups is 1. The molecule has 0 spiro atoms. The summed E-state index contributed by atoms with van der Waals surface area (Å²) in [5, 5.41) is 14.2. The summed E-state index contributed by atoms with van der Waals surface area (Å²) in [5.74, 6) is 1.35. The zero-order valence-corrected chi connectivity index (χ0v) is 17.4. The number of amides is 1. The van der Waals surface area contributed by atoms with Crippen LogP contribution in [0.15, 0.2) is 48.9 Å². The van der Waals surface area contributed by atoms with Gasteiger partial charge in [-0.3, -0.25) is 4.79 Å². The van der Waals surface area contributed by atoms with Gasteiger partial charge in [-0.25, -0.2) is 4.98 Å². The van der Waals surface area contributed by atoms with Crippen molar-refractivity contribution in [1.29, 1.82) is 0 Å². The molecule has 1 atom stereocenters. The van der Waals surface area contributed by atoms with E-state index in [0.717, 1.165) is 42.6 Å². The van der Waals surface area contributed by atoms with E-state index >= 15 is 0 Å². The van der Waals surface area contributed by atoms with Gasteiger partial charge >= 0.3 is 0 Å². The van der Waals surface area contributed by atoms with Gasteiger partial charge in [0.05, 0.1) is 29.8 Å². The first kappa shape index (κ1) is 19.3. The van der Waals surface area contributed by atoms with Crippen molar-refractivity contribution in [2.75, 3.05) is 5.32 Å². The van der Waals surface area contributed by atoms with Crippen molar-refractivity contribution in [2.45, 2.75) is 63.4 Å². The molecular formula is C25H29N3O2. The Hall–Kier alpha value is -2.66. The van der Waals surface area contributed by atoms with Gasteiger partial charge < -0.3 is 14.8 Å². The van der Waals surface area contributed by atoms with Gasteiger partial charge in [-0.05, 0) is 85.6 Å². The third-order valence-electron chi connectivity index (χ3n) is 6.87. The second-order valence-corrected chi connectivity index (χ2v) is 9.00. The minimum Gasteiger partial charge on any atom is -0.387 e. The van der Waals surface area contributed by atoms with E-state index in [9.17, 15) is 9.90 Å². The van der Waals surface area contributed by atoms with Gasteiger partial charge in [0.25, 0.3) is 0 Å². The van der Waals surface area contributed by atoms with E-state index in [4.69, 9.17) is 0 Å². The van der Waals surface area contributed by atoms with Gasteiger partial charge in [0.15, 0.2) is 0 Å². The summed E-state index contributed by atoms with van der Waals surface area (Å²) < 4.78 is 2.10. The lowest BCUT2D eigenvalue weighted by atomic mass is 9.75. The molecule has 5 nitrogen and oxygen atoms in total. The van der Waals surface area contributed by atoms with Crippen molar-refractivity contribution >= 4 is 17.1 Å². The number of rotatable bonds is 5. The lowest BCUT2D eigenvalue weighted by Gasteiger charge is -2.33. The van der Waals surface area contributed by atoms with Gasteiger partial charge in [-0.15, -0.1) is 0 Å². The number of hydrogen-bond donors (Lipinski definition) is 2. The summed E-state index contributed by atoms with van der Waals surface area (Å²) in [6.45, 7) is 1.53. The molecule has 1 aromatic carbocycles. The summed E-state index contributed by atoms with van der Waals surface area (Å²) in [5.41, 5.74) is 5.60. The Morgan fingerprint density at radius 3 is 2.40 bits per heavy atom. The highest BCUT2D eigenvalue weighted by molar-refractivity contribution is 5.88. The van der Waals surface area contributed by atoms with Crippen LogP contribution in [0.1, 0.15) is 80.2 Å². The molecule has 2 aromatic heterocycles. The van der Waals surface area contributed by atoms with E-state index < -0.39 is 6.10 Å². The molecular weight excluding hydrogens is 374 g/mol. The molecule has 1 amide bonds. The van der Waals surface area contributed by atoms with Crippen molar-refractivity contribution in [2.24, 2.45) is 5.92 Å². The molecule has 3 aromatic rings. The SMILES string of the molecule is CC(=O)Nc1ccc(C2CCC([C@H](O)c3c(C4CC4)ccc4cncn34)CC2)cc1. The first-order chi connectivity index (χ1) is 14.6. The average Bonchev–Trinajstić information content (AvgIpc) is 3.49. The second-order valence-electron chi connectivity index (χ2n) is 9.00. The average molecular weight is 404 g/mol. The van der Waals surface area contributed by atoms with E-state index in [1.807, 2.05) is 24.7 Å². The minimum atomic E-state index is -0.443. The third-order valence-corrected chi connectivity index (χ3v) is 6.87. The Morgan fingerprint density at radius 2 is 1.73 bits per heavy atom. The highest BCUT2D eigenvalue weighted by Crippen LogP contribution is 2.47. The van der Waals surface area contributed by atoms with Crippen LogP contribution in [0.5, 0.6) is 0 Å². The Kier molecular flexibility index (Phi) is 5.07. The number of nitrogens with one attached hydrogen (secondary N) is 1. The maximum Gasteiger partial charge on any atom is 0.221 e. The first-order valence-corrected chi connectivity index (χ1v) is 11.1. The molecule has 2 aliphatic carbocycles. The molecule has 156 valence electrons. The van der Waals surface area contributed by atoms with Gasteiger partial charge in [-0.2, -0.15) is 0 Å². The lowest BCUT2D eigenvalue weighted by Crippen LogP contribution is -2.22. The molecule has 2 saturated carbocycles. The Balaban J connectivity index is 1.30. The number of aromatic nitrogens is 2. The van der Waals surface area contributed by atoms with Crippen LogP contribution in [-0.2, 0) is 4.79 Å². The molecule has 0 bridgehead atoms. The fraction of sp³-hybridized carbons (Fsp3) is 0.440. The summed E-state index contributed by atoms with van der Waals surface area (Å²) >= 11 is 0. The number of anilines is 1. The van der Waals surface area contributed by atoms with Crippen LogP contribution >= 0.6 is 0 Å². The van der Waals surface area contributed by atoms with Crippen molar-refractivity contribution < 1.29 is 9.90 Å². The van der Waals surface area contributed by atoms with Crippen LogP contribution in [0.3, 0.4) is 0 Å². The predicted octanol–water partition coefficient (Wildman–Crippen LogP) is 5.18. The zero-order chi connectivity index (χ0) is 20.7. The summed E-state index contributed by atoms with van der Waals surface area (Å²) in [6.07, 6.45) is 9.93. The molecule has 0 radical (unpaired) electrons. The Bertz CT molecular complexity index is 1040. The molecule has 5 rings (SSSR count). The highest BCUT2D eigenvalue weighted by atomic mass is 16.3. The number of pyridine rings is 1. The molecule has 0 aliphatic heterocycles. The van der Waals surface area contributed by atoms with E-state index in [1.54, 1.807) is 0 Å². The summed E-state index contributed by atoms with van der Waals surface area (Å²) in [7, 11) is 0. The van der Waals surface area contributed by atoms with E-state index in [1.165, 1.54) is 30.9 Å². The Morgan fingerprint density at radius 1 is 1.03 bits per heavy atom. The minimum absolute atomic E-state index is 0.0456. The van der Waals surface area contributed by atoms with Crippen LogP contribution in [0.2, 0.25) is 0 Å². The largest absolute Gasteiger partial charge is 0.387 e. The van der Waals surface area contributed by atoms with Crippen molar-refractivity contribution in [3.63, 3.8) is 0 Å². The van der Waals surface area contributed by atoms with Gasteiger partial charge in [0.1, 0.15) is 0 Å². The number of aliphatic hydroxyl groups is 1. The van der Waals surface area contributed by atoms with Gasteiger partial charge in [0, 0.05) is 12.6 Å². The highest BCUT2D eigenvalue weighted by Gasteiger charge is 2.34. The number of aliphatic hydroxyl groups excluding tert-OH is 1. The van der Waals surface area contributed by atoms with Crippen LogP contribution in [0.25, 0.3) is 5.52 Å². The van der Waals surface area contributed by atoms with E-state index in [-0.39, 0.29) is 11.8 Å². The maximum atomic E-state index is 11.4. The number of hydrogen-bond acceptors (Lipinski definition) is 3. The molecule has 30 heavy (non-hydrogen) atoms. The van der Waals surface area contributed by atoms with Crippen LogP contribution in [-0.4, -0.2) is 20.4 Å². The quantitative estimate of drug-likeness (QED) is 0.617. The Labute approximate surface area is 177 Å². The molecule has 2 N–H and O–H groups in total. The fourth-order valence-corrected chi connectivity index (χ4v) is 5.12. The molecule has 2 fully saturated rings. The monoisotopic (exact) mass is 403 g/mol. The first-order valence-electron chi connectivity index (χ1n) is 11.1. The molecule has 2 aliphatic rings. The van der Waals surface area contributed by atoms with Crippen LogP contribution in [0.4, 0.5) is 5.69 Å². The zero-order valence-electron chi connectivity index (χ0n) is 17.4. The van der Waals surface area contributed by atoms with Crippen molar-refractivity contribution in [3.8, 4) is 0 Å². The molecule has 0 saturated heterocycles. The van der Waals surface area contributed by atoms with Crippen LogP contribution < -0.4 is 5.32 Å².